The van der Waals surface area contributed by atoms with Crippen LogP contribution < -0.4 is 31.3 Å². The van der Waals surface area contributed by atoms with Crippen molar-refractivity contribution in [3.05, 3.63) is 65.0 Å². The molecule has 1 amide bonds. The third-order valence-corrected chi connectivity index (χ3v) is 9.20. The van der Waals surface area contributed by atoms with Crippen LogP contribution in [0.5, 0.6) is 11.5 Å². The Morgan fingerprint density at radius 2 is 1.92 bits per heavy atom. The summed E-state index contributed by atoms with van der Waals surface area (Å²) in [6, 6.07) is 10.9. The van der Waals surface area contributed by atoms with E-state index in [1.54, 1.807) is 6.07 Å². The lowest BCUT2D eigenvalue weighted by atomic mass is 10.0. The quantitative estimate of drug-likeness (QED) is 0.0388. The van der Waals surface area contributed by atoms with Gasteiger partial charge in [0.25, 0.3) is 5.91 Å². The van der Waals surface area contributed by atoms with Crippen LogP contribution in [0.3, 0.4) is 0 Å². The van der Waals surface area contributed by atoms with Crippen LogP contribution in [-0.4, -0.2) is 81.3 Å². The first-order chi connectivity index (χ1) is 25.3. The molecule has 1 fully saturated rings. The van der Waals surface area contributed by atoms with Crippen molar-refractivity contribution in [1.29, 1.82) is 0 Å². The van der Waals surface area contributed by atoms with Crippen LogP contribution in [-0.2, 0) is 29.0 Å². The van der Waals surface area contributed by atoms with Gasteiger partial charge in [0.2, 0.25) is 0 Å². The predicted octanol–water partition coefficient (Wildman–Crippen LogP) is 3.57. The largest absolute Gasteiger partial charge is 0.506 e. The van der Waals surface area contributed by atoms with Crippen molar-refractivity contribution in [3.8, 4) is 23.3 Å². The van der Waals surface area contributed by atoms with Crippen LogP contribution in [0.15, 0.2) is 42.6 Å². The number of aryl methyl sites for hydroxylation is 2. The highest BCUT2D eigenvalue weighted by molar-refractivity contribution is 5.97. The first kappa shape index (κ1) is 36.9. The van der Waals surface area contributed by atoms with Gasteiger partial charge >= 0.3 is 0 Å². The summed E-state index contributed by atoms with van der Waals surface area (Å²) in [6.07, 6.45) is 4.07. The van der Waals surface area contributed by atoms with E-state index in [1.165, 1.54) is 6.07 Å². The van der Waals surface area contributed by atoms with Gasteiger partial charge in [-0.3, -0.25) is 10.1 Å². The van der Waals surface area contributed by atoms with Gasteiger partial charge in [0.1, 0.15) is 11.4 Å². The minimum atomic E-state index is -0.995. The number of aromatic hydroxyl groups is 1. The Hall–Kier alpha value is -4.91. The topological polar surface area (TPSA) is 187 Å². The summed E-state index contributed by atoms with van der Waals surface area (Å²) in [5.41, 5.74) is 6.17. The zero-order valence-electron chi connectivity index (χ0n) is 29.7. The molecule has 2 aromatic heterocycles. The van der Waals surface area contributed by atoms with E-state index in [0.717, 1.165) is 84.7 Å². The first-order valence-electron chi connectivity index (χ1n) is 18.0. The van der Waals surface area contributed by atoms with Crippen LogP contribution >= 0.6 is 0 Å². The lowest BCUT2D eigenvalue weighted by Crippen LogP contribution is -2.36. The number of benzene rings is 2. The molecule has 2 atom stereocenters. The molecule has 2 aliphatic heterocycles. The van der Waals surface area contributed by atoms with Crippen LogP contribution in [0.25, 0.3) is 11.0 Å². The second kappa shape index (κ2) is 17.5. The number of aliphatic hydroxyl groups is 2. The molecule has 276 valence electrons. The highest BCUT2D eigenvalue weighted by atomic mass is 16.5. The third-order valence-electron chi connectivity index (χ3n) is 9.20. The molecule has 0 saturated carbocycles. The second-order valence-electron chi connectivity index (χ2n) is 12.8. The molecule has 0 bridgehead atoms. The number of amides is 1. The number of aromatic nitrogens is 3. The minimum absolute atomic E-state index is 0.107. The van der Waals surface area contributed by atoms with Crippen LogP contribution in [0.2, 0.25) is 0 Å². The van der Waals surface area contributed by atoms with E-state index in [1.807, 2.05) is 35.1 Å². The summed E-state index contributed by atoms with van der Waals surface area (Å²) in [5, 5.41) is 53.1. The van der Waals surface area contributed by atoms with Crippen LogP contribution in [0.1, 0.15) is 68.0 Å². The molecule has 0 spiro atoms. The molecule has 52 heavy (non-hydrogen) atoms. The molecule has 4 heterocycles. The molecule has 1 saturated heterocycles. The number of phenols is 1. The van der Waals surface area contributed by atoms with Gasteiger partial charge in [-0.25, -0.2) is 9.67 Å². The van der Waals surface area contributed by atoms with Crippen molar-refractivity contribution < 1.29 is 29.6 Å². The van der Waals surface area contributed by atoms with E-state index in [-0.39, 0.29) is 36.2 Å². The molecule has 8 N–H and O–H groups in total. The first-order valence-corrected chi connectivity index (χ1v) is 18.0. The summed E-state index contributed by atoms with van der Waals surface area (Å²) in [4.78, 5) is 16.6. The van der Waals surface area contributed by atoms with Crippen LogP contribution in [0.4, 0.5) is 17.1 Å². The van der Waals surface area contributed by atoms with E-state index in [4.69, 9.17) is 14.5 Å². The van der Waals surface area contributed by atoms with Gasteiger partial charge in [0.15, 0.2) is 24.4 Å². The van der Waals surface area contributed by atoms with Gasteiger partial charge < -0.3 is 46.1 Å². The maximum absolute atomic E-state index is 11.6. The fourth-order valence-electron chi connectivity index (χ4n) is 6.41. The van der Waals surface area contributed by atoms with Gasteiger partial charge in [-0.1, -0.05) is 18.8 Å². The fraction of sp³-hybridized carbons (Fsp3) is 0.447. The number of nitrogens with zero attached hydrogens (tertiary/aromatic N) is 3. The highest BCUT2D eigenvalue weighted by Crippen LogP contribution is 2.41. The molecule has 2 unspecified atom stereocenters. The summed E-state index contributed by atoms with van der Waals surface area (Å²) < 4.78 is 13.0. The maximum Gasteiger partial charge on any atom is 0.262 e. The zero-order chi connectivity index (χ0) is 36.5. The smallest absolute Gasteiger partial charge is 0.262 e. The Morgan fingerprint density at radius 3 is 2.69 bits per heavy atom. The number of phenolic OH excluding ortho intramolecular Hbond substituents is 1. The van der Waals surface area contributed by atoms with E-state index in [0.29, 0.717) is 31.1 Å². The predicted molar refractivity (Wildman–Crippen MR) is 199 cm³/mol. The number of ether oxygens (including phenoxy) is 2. The van der Waals surface area contributed by atoms with Crippen molar-refractivity contribution in [3.63, 3.8) is 0 Å². The molecule has 0 aliphatic carbocycles. The number of fused-ring (bicyclic) bond motifs is 2. The lowest BCUT2D eigenvalue weighted by molar-refractivity contribution is -0.118. The Labute approximate surface area is 303 Å². The van der Waals surface area contributed by atoms with Crippen molar-refractivity contribution in [2.75, 3.05) is 48.9 Å². The van der Waals surface area contributed by atoms with Gasteiger partial charge in [0.05, 0.1) is 23.4 Å². The van der Waals surface area contributed by atoms with E-state index < -0.39 is 12.5 Å². The Balaban J connectivity index is 0.970. The van der Waals surface area contributed by atoms with Gasteiger partial charge in [-0.15, -0.1) is 0 Å². The summed E-state index contributed by atoms with van der Waals surface area (Å²) >= 11 is 0. The molecule has 6 rings (SSSR count). The number of rotatable bonds is 15. The number of nitrogens with one attached hydrogen (secondary N) is 5. The molecular formula is C38H48N8O6. The monoisotopic (exact) mass is 712 g/mol. The van der Waals surface area contributed by atoms with Crippen LogP contribution in [0, 0.1) is 11.8 Å². The molecular weight excluding hydrogens is 664 g/mol. The Kier molecular flexibility index (Phi) is 12.4. The number of aliphatic hydroxyl groups excluding tert-OH is 2. The van der Waals surface area contributed by atoms with Crippen molar-refractivity contribution >= 4 is 34.0 Å². The van der Waals surface area contributed by atoms with Crippen molar-refractivity contribution in [2.24, 2.45) is 0 Å². The number of carbonyl (C=O) groups excluding carboxylic acids is 1. The van der Waals surface area contributed by atoms with E-state index in [9.17, 15) is 20.1 Å². The number of unbranched alkanes of at least 4 members (excludes halogenated alkanes) is 1. The summed E-state index contributed by atoms with van der Waals surface area (Å²) in [6.45, 7) is 7.53. The normalized spacial score (nSPS) is 15.6. The molecule has 2 aliphatic rings. The average Bonchev–Trinajstić information content (AvgIpc) is 3.58. The Bertz CT molecular complexity index is 1900. The average molecular weight is 713 g/mol. The maximum atomic E-state index is 11.6. The minimum Gasteiger partial charge on any atom is -0.506 e. The number of anilines is 3. The SMILES string of the molecule is CCc1nc2c(cnn2CC)c(NC2CCOCC2)c1CNC(O)Nc1ccc(C#CCCCNCC(O)c2ccc(O)c3c2OCC(=O)N3)cc1. The third kappa shape index (κ3) is 8.93. The number of carbonyl (C=O) groups is 1. The number of hydrogen-bond acceptors (Lipinski definition) is 12. The fourth-order valence-corrected chi connectivity index (χ4v) is 6.41. The number of hydrogen-bond donors (Lipinski definition) is 8. The summed E-state index contributed by atoms with van der Waals surface area (Å²) in [7, 11) is 0. The highest BCUT2D eigenvalue weighted by Gasteiger charge is 2.26. The summed E-state index contributed by atoms with van der Waals surface area (Å²) in [5.74, 6) is 6.19. The molecule has 0 radical (unpaired) electrons. The van der Waals surface area contributed by atoms with E-state index >= 15 is 0 Å². The second-order valence-corrected chi connectivity index (χ2v) is 12.8. The Morgan fingerprint density at radius 1 is 1.12 bits per heavy atom. The molecule has 4 aromatic rings. The van der Waals surface area contributed by atoms with Gasteiger partial charge in [0, 0.05) is 73.4 Å². The molecule has 14 nitrogen and oxygen atoms in total. The van der Waals surface area contributed by atoms with Gasteiger partial charge in [-0.05, 0) is 75.5 Å². The zero-order valence-corrected chi connectivity index (χ0v) is 29.7. The number of pyridine rings is 1. The standard InChI is InChI=1S/C38H48N8O6/c1-3-30-28(34(42-26-15-18-51-19-16-26)29-21-41-46(4-2)37(29)44-30)20-40-38(50)43-25-11-9-24(10-12-25)8-6-5-7-17-39-22-32(48)27-13-14-31(47)35-36(27)52-23-33(49)45-35/h9-14,21,26,32,38-40,43,47-48,50H,3-5,7,15-20,22-23H2,1-2H3,(H,42,44)(H,45,49). The van der Waals surface area contributed by atoms with Crippen molar-refractivity contribution in [2.45, 2.75) is 77.5 Å². The van der Waals surface area contributed by atoms with Crippen molar-refractivity contribution in [1.82, 2.24) is 25.4 Å². The molecule has 2 aromatic carbocycles. The van der Waals surface area contributed by atoms with E-state index in [2.05, 4.69) is 57.4 Å². The lowest BCUT2D eigenvalue weighted by Gasteiger charge is -2.27. The molecule has 14 heteroatoms. The van der Waals surface area contributed by atoms with Gasteiger partial charge in [-0.2, -0.15) is 5.10 Å².